The first kappa shape index (κ1) is 38.2. The van der Waals surface area contributed by atoms with Crippen molar-refractivity contribution < 1.29 is 34.2 Å². The molecule has 2 aliphatic rings. The number of halogens is 4. The van der Waals surface area contributed by atoms with Crippen molar-refractivity contribution in [1.82, 2.24) is 0 Å². The summed E-state index contributed by atoms with van der Waals surface area (Å²) < 4.78 is 71.8. The molecule has 0 spiro atoms. The molecule has 0 amide bonds. The third-order valence-corrected chi connectivity index (χ3v) is 19.0. The number of hydrogen-bond donors (Lipinski definition) is 0. The molecule has 0 unspecified atom stereocenters. The zero-order chi connectivity index (χ0) is 39.5. The molecule has 0 fully saturated rings. The van der Waals surface area contributed by atoms with Gasteiger partial charge in [-0.3, -0.25) is 0 Å². The summed E-state index contributed by atoms with van der Waals surface area (Å²) in [6, 6.07) is 40.3. The topological polar surface area (TPSA) is 6.48 Å². The number of allylic oxidation sites excluding steroid dienone is 8. The summed E-state index contributed by atoms with van der Waals surface area (Å²) in [6.45, 7) is 4.52. The Hall–Kier alpha value is -5.69. The van der Waals surface area contributed by atoms with Gasteiger partial charge in [0.15, 0.2) is 0 Å². The fourth-order valence-corrected chi connectivity index (χ4v) is 16.5. The van der Waals surface area contributed by atoms with Crippen LogP contribution < -0.4 is 17.5 Å². The molecule has 8 rings (SSSR count). The Morgan fingerprint density at radius 2 is 0.860 bits per heavy atom. The fourth-order valence-electron chi connectivity index (χ4n) is 8.22. The maximum atomic E-state index is 18.3. The Morgan fingerprint density at radius 1 is 0.474 bits per heavy atom. The molecule has 0 saturated heterocycles. The minimum atomic E-state index is -5.20. The monoisotopic (exact) mass is 794 g/mol. The first-order chi connectivity index (χ1) is 27.8. The van der Waals surface area contributed by atoms with E-state index in [0.717, 1.165) is 22.3 Å². The predicted octanol–water partition coefficient (Wildman–Crippen LogP) is 12.3. The second kappa shape index (κ2) is 16.4. The fraction of sp³-hybridized carbons (Fsp3) is 0.120. The third-order valence-electron chi connectivity index (χ3n) is 11.0. The second-order valence-corrected chi connectivity index (χ2v) is 20.6. The molecule has 6 aromatic rings. The molecule has 0 bridgehead atoms. The Morgan fingerprint density at radius 3 is 1.21 bits per heavy atom. The zero-order valence-corrected chi connectivity index (χ0v) is 33.5. The first-order valence-electron chi connectivity index (χ1n) is 19.2. The zero-order valence-electron chi connectivity index (χ0n) is 31.9. The number of rotatable bonds is 12. The summed E-state index contributed by atoms with van der Waals surface area (Å²) >= 11 is -5.20. The molecule has 2 aliphatic carbocycles. The van der Waals surface area contributed by atoms with Gasteiger partial charge in [-0.05, 0) is 0 Å². The van der Waals surface area contributed by atoms with Gasteiger partial charge in [0.25, 0.3) is 0 Å². The van der Waals surface area contributed by atoms with Crippen molar-refractivity contribution >= 4 is 30.5 Å². The van der Waals surface area contributed by atoms with Gasteiger partial charge in [0, 0.05) is 0 Å². The molecular weight excluding hydrogens is 752 g/mol. The van der Waals surface area contributed by atoms with Crippen LogP contribution in [0.4, 0.5) is 40.3 Å². The van der Waals surface area contributed by atoms with Crippen LogP contribution in [0.3, 0.4) is 0 Å². The van der Waals surface area contributed by atoms with Crippen LogP contribution >= 0.6 is 0 Å². The molecule has 0 aliphatic heterocycles. The van der Waals surface area contributed by atoms with Crippen LogP contribution in [0.1, 0.15) is 35.1 Å². The summed E-state index contributed by atoms with van der Waals surface area (Å²) in [4.78, 5) is 3.65. The quantitative estimate of drug-likeness (QED) is 0.0899. The van der Waals surface area contributed by atoms with Crippen molar-refractivity contribution in [1.29, 1.82) is 0 Å². The van der Waals surface area contributed by atoms with Gasteiger partial charge in [0.1, 0.15) is 0 Å². The Labute approximate surface area is 335 Å². The van der Waals surface area contributed by atoms with E-state index in [1.54, 1.807) is 0 Å². The van der Waals surface area contributed by atoms with Gasteiger partial charge in [0.2, 0.25) is 0 Å². The van der Waals surface area contributed by atoms with Crippen LogP contribution in [0, 0.1) is 37.1 Å². The molecule has 284 valence electrons. The molecule has 0 saturated carbocycles. The van der Waals surface area contributed by atoms with E-state index in [4.69, 9.17) is 0 Å². The minimum absolute atomic E-state index is 0.134. The summed E-state index contributed by atoms with van der Waals surface area (Å²) in [5.74, 6) is -3.25. The van der Waals surface area contributed by atoms with Crippen LogP contribution in [0.5, 0.6) is 0 Å². The molecule has 2 nitrogen and oxygen atoms in total. The van der Waals surface area contributed by atoms with E-state index < -0.39 is 39.9 Å². The van der Waals surface area contributed by atoms with E-state index in [0.29, 0.717) is 32.0 Å². The van der Waals surface area contributed by atoms with Crippen molar-refractivity contribution in [2.75, 3.05) is 9.80 Å². The van der Waals surface area contributed by atoms with Crippen LogP contribution in [0.2, 0.25) is 0 Å². The Bertz CT molecular complexity index is 2350. The Kier molecular flexibility index (Phi) is 11.0. The van der Waals surface area contributed by atoms with Crippen LogP contribution in [0.15, 0.2) is 178 Å². The maximum absolute atomic E-state index is 18.3. The molecule has 7 heteroatoms. The molecule has 57 heavy (non-hydrogen) atoms. The van der Waals surface area contributed by atoms with Gasteiger partial charge in [-0.15, -0.1) is 0 Å². The summed E-state index contributed by atoms with van der Waals surface area (Å²) in [6.07, 6.45) is 11.8. The summed E-state index contributed by atoms with van der Waals surface area (Å²) in [5.41, 5.74) is 5.58. The molecular formula is C50H42F4N2Ti. The van der Waals surface area contributed by atoms with Crippen molar-refractivity contribution in [3.05, 3.63) is 223 Å². The van der Waals surface area contributed by atoms with Gasteiger partial charge < -0.3 is 0 Å². The number of benzene rings is 6. The number of aryl methyl sites for hydroxylation is 2. The number of nitrogens with zero attached hydrogens (tertiary/aromatic N) is 2. The van der Waals surface area contributed by atoms with E-state index in [1.807, 2.05) is 169 Å². The number of hydrogen-bond acceptors (Lipinski definition) is 2. The third kappa shape index (κ3) is 7.36. The molecule has 0 atom stereocenters. The van der Waals surface area contributed by atoms with E-state index in [2.05, 4.69) is 0 Å². The van der Waals surface area contributed by atoms with Crippen molar-refractivity contribution in [2.45, 2.75) is 39.8 Å². The summed E-state index contributed by atoms with van der Waals surface area (Å²) in [5, 5.41) is 0. The molecule has 0 N–H and O–H groups in total. The second-order valence-electron chi connectivity index (χ2n) is 14.7. The van der Waals surface area contributed by atoms with E-state index in [-0.39, 0.29) is 32.2 Å². The van der Waals surface area contributed by atoms with Crippen molar-refractivity contribution in [3.63, 3.8) is 0 Å². The van der Waals surface area contributed by atoms with Crippen molar-refractivity contribution in [3.8, 4) is 0 Å². The molecule has 6 aromatic carbocycles. The van der Waals surface area contributed by atoms with Gasteiger partial charge in [-0.1, -0.05) is 0 Å². The molecule has 0 heterocycles. The van der Waals surface area contributed by atoms with E-state index >= 15 is 17.6 Å². The predicted molar refractivity (Wildman–Crippen MR) is 223 cm³/mol. The normalized spacial score (nSPS) is 13.5. The average molecular weight is 795 g/mol. The first-order valence-corrected chi connectivity index (χ1v) is 22.3. The van der Waals surface area contributed by atoms with Gasteiger partial charge in [-0.2, -0.15) is 0 Å². The van der Waals surface area contributed by atoms with Crippen molar-refractivity contribution in [2.24, 2.45) is 0 Å². The molecule has 0 radical (unpaired) electrons. The Balaban J connectivity index is 1.40. The van der Waals surface area contributed by atoms with Gasteiger partial charge in [0.05, 0.1) is 0 Å². The van der Waals surface area contributed by atoms with Crippen LogP contribution in [0.25, 0.3) is 0 Å². The van der Waals surface area contributed by atoms with Gasteiger partial charge >= 0.3 is 337 Å². The number of anilines is 4. The SMILES string of the molecule is Cc1ccc(N(Cc2ccccc2)c2ccc(F)[c]([Ti]([C]3=CC=CC3)([C]3=CC=CC3)[c]3c(F)ccc(N(Cc4ccccc4)c4ccc(C)cc4)c3F)c2F)cc1. The van der Waals surface area contributed by atoms with Crippen LogP contribution in [-0.4, -0.2) is 0 Å². The van der Waals surface area contributed by atoms with E-state index in [1.165, 1.54) is 24.3 Å². The van der Waals surface area contributed by atoms with Gasteiger partial charge in [-0.25, -0.2) is 0 Å². The molecule has 0 aromatic heterocycles. The summed E-state index contributed by atoms with van der Waals surface area (Å²) in [7, 11) is 0. The van der Waals surface area contributed by atoms with Crippen LogP contribution in [-0.2, 0) is 29.7 Å². The average Bonchev–Trinajstić information content (AvgIpc) is 3.97. The standard InChI is InChI=1S/2C20H16F2N.2C5H5.Ti/c2*1-15-7-10-18(11-8-15)23(14-16-5-3-2-4-6-16)20-12-9-17(21)13-19(20)22;2*1-2-4-5-3-1;/h2*2-12H,14H2,1H3;2*1-3H,4H2;. The van der Waals surface area contributed by atoms with E-state index in [9.17, 15) is 0 Å².